The maximum Gasteiger partial charge on any atom is 0.308 e. The van der Waals surface area contributed by atoms with Gasteiger partial charge >= 0.3 is 5.97 Å². The summed E-state index contributed by atoms with van der Waals surface area (Å²) in [7, 11) is 0. The highest BCUT2D eigenvalue weighted by molar-refractivity contribution is 6.02. The first kappa shape index (κ1) is 26.6. The van der Waals surface area contributed by atoms with E-state index in [0.29, 0.717) is 0 Å². The number of hydrogen-bond donors (Lipinski definition) is 2. The molecule has 1 aromatic heterocycles. The normalized spacial score (nSPS) is 14.1. The van der Waals surface area contributed by atoms with Crippen molar-refractivity contribution >= 4 is 22.9 Å². The molecule has 5 nitrogen and oxygen atoms in total. The number of aromatic nitrogens is 1. The summed E-state index contributed by atoms with van der Waals surface area (Å²) in [6.07, 6.45) is 1.31. The molecule has 1 heterocycles. The minimum atomic E-state index is -1.03. The van der Waals surface area contributed by atoms with Gasteiger partial charge in [0.25, 0.3) is 0 Å². The Balaban J connectivity index is 1.96. The van der Waals surface area contributed by atoms with Crippen molar-refractivity contribution in [3.8, 4) is 11.1 Å². The molecule has 0 bridgehead atoms. The zero-order chi connectivity index (χ0) is 25.9. The third-order valence-electron chi connectivity index (χ3n) is 5.73. The molecule has 0 fully saturated rings. The summed E-state index contributed by atoms with van der Waals surface area (Å²) < 4.78 is 21.1. The van der Waals surface area contributed by atoms with Crippen LogP contribution in [-0.2, 0) is 9.53 Å². The number of carbonyl (C=O) groups is 1. The monoisotopic (exact) mass is 481 g/mol. The molecular weight excluding hydrogens is 445 g/mol. The minimum Gasteiger partial charge on any atom is -0.460 e. The molecule has 2 atom stereocenters. The number of hydrogen-bond acceptors (Lipinski definition) is 4. The molecule has 0 unspecified atom stereocenters. The SMILES string of the molecule is Cc1cccc2c(-c3ccc(F)cc3)c(/C=C/[C@H](O)C[C@H](O)CC(=O)OC(C)(C)C)n(C(C)C)c12. The average Bonchev–Trinajstić information content (AvgIpc) is 3.07. The summed E-state index contributed by atoms with van der Waals surface area (Å²) in [5, 5.41) is 22.0. The van der Waals surface area contributed by atoms with E-state index in [9.17, 15) is 19.4 Å². The fourth-order valence-corrected chi connectivity index (χ4v) is 4.40. The Morgan fingerprint density at radius 2 is 1.77 bits per heavy atom. The first-order chi connectivity index (χ1) is 16.4. The van der Waals surface area contributed by atoms with Crippen LogP contribution in [0.15, 0.2) is 48.5 Å². The van der Waals surface area contributed by atoms with E-state index in [1.54, 1.807) is 39.0 Å². The Morgan fingerprint density at radius 1 is 1.11 bits per heavy atom. The summed E-state index contributed by atoms with van der Waals surface area (Å²) in [5.74, 6) is -0.806. The lowest BCUT2D eigenvalue weighted by atomic mass is 10.00. The van der Waals surface area contributed by atoms with Crippen molar-refractivity contribution in [2.75, 3.05) is 0 Å². The van der Waals surface area contributed by atoms with E-state index in [1.165, 1.54) is 12.1 Å². The number of halogens is 1. The second-order valence-electron chi connectivity index (χ2n) is 10.3. The lowest BCUT2D eigenvalue weighted by molar-refractivity contribution is -0.157. The molecule has 3 rings (SSSR count). The molecule has 0 aliphatic rings. The van der Waals surface area contributed by atoms with Crippen molar-refractivity contribution in [3.05, 3.63) is 65.6 Å². The van der Waals surface area contributed by atoms with Crippen LogP contribution in [0.5, 0.6) is 0 Å². The van der Waals surface area contributed by atoms with Gasteiger partial charge in [-0.2, -0.15) is 0 Å². The summed E-state index contributed by atoms with van der Waals surface area (Å²) in [4.78, 5) is 12.0. The van der Waals surface area contributed by atoms with Gasteiger partial charge in [-0.25, -0.2) is 4.39 Å². The number of rotatable bonds is 8. The number of ether oxygens (including phenoxy) is 1. The van der Waals surface area contributed by atoms with E-state index in [-0.39, 0.29) is 24.7 Å². The Labute approximate surface area is 206 Å². The van der Waals surface area contributed by atoms with Crippen LogP contribution in [0.25, 0.3) is 28.1 Å². The lowest BCUT2D eigenvalue weighted by Gasteiger charge is -2.21. The number of esters is 1. The molecule has 0 saturated carbocycles. The van der Waals surface area contributed by atoms with Gasteiger partial charge in [-0.3, -0.25) is 4.79 Å². The predicted octanol–water partition coefficient (Wildman–Crippen LogP) is 6.19. The van der Waals surface area contributed by atoms with Crippen LogP contribution in [0.1, 0.15) is 64.8 Å². The third kappa shape index (κ3) is 6.59. The standard InChI is InChI=1S/C29H36FNO4/c1-18(2)31-25(15-14-22(32)16-23(33)17-26(34)35-29(4,5)6)27(20-10-12-21(30)13-11-20)24-9-7-8-19(3)28(24)31/h7-15,18,22-23,32-33H,16-17H2,1-6H3/b15-14+/t22-,23-/m0/s1. The Bertz CT molecular complexity index is 1200. The minimum absolute atomic E-state index is 0.00254. The number of aliphatic hydroxyl groups is 2. The van der Waals surface area contributed by atoms with Crippen LogP contribution in [0.2, 0.25) is 0 Å². The molecule has 35 heavy (non-hydrogen) atoms. The van der Waals surface area contributed by atoms with Gasteiger partial charge in [0.15, 0.2) is 0 Å². The largest absolute Gasteiger partial charge is 0.460 e. The van der Waals surface area contributed by atoms with Gasteiger partial charge in [-0.05, 0) is 70.9 Å². The number of aryl methyl sites for hydroxylation is 1. The van der Waals surface area contributed by atoms with E-state index in [0.717, 1.165) is 33.3 Å². The van der Waals surface area contributed by atoms with Gasteiger partial charge in [0, 0.05) is 29.1 Å². The number of nitrogens with zero attached hydrogens (tertiary/aromatic N) is 1. The van der Waals surface area contributed by atoms with Gasteiger partial charge in [-0.15, -0.1) is 0 Å². The molecule has 2 N–H and O–H groups in total. The highest BCUT2D eigenvalue weighted by Gasteiger charge is 2.22. The van der Waals surface area contributed by atoms with E-state index in [2.05, 4.69) is 37.5 Å². The van der Waals surface area contributed by atoms with Gasteiger partial charge in [0.05, 0.1) is 24.1 Å². The molecule has 188 valence electrons. The number of fused-ring (bicyclic) bond motifs is 1. The van der Waals surface area contributed by atoms with Crippen molar-refractivity contribution < 1.29 is 24.1 Å². The van der Waals surface area contributed by atoms with Crippen LogP contribution in [0.3, 0.4) is 0 Å². The van der Waals surface area contributed by atoms with Crippen molar-refractivity contribution in [1.82, 2.24) is 4.57 Å². The molecule has 0 spiro atoms. The Kier molecular flexibility index (Phi) is 8.18. The zero-order valence-corrected chi connectivity index (χ0v) is 21.4. The van der Waals surface area contributed by atoms with Gasteiger partial charge in [-0.1, -0.05) is 36.4 Å². The second-order valence-corrected chi connectivity index (χ2v) is 10.3. The fraction of sp³-hybridized carbons (Fsp3) is 0.414. The van der Waals surface area contributed by atoms with Crippen LogP contribution < -0.4 is 0 Å². The summed E-state index contributed by atoms with van der Waals surface area (Å²) in [6, 6.07) is 12.7. The van der Waals surface area contributed by atoms with Crippen LogP contribution in [-0.4, -0.2) is 38.6 Å². The van der Waals surface area contributed by atoms with Gasteiger partial charge in [0.1, 0.15) is 11.4 Å². The maximum absolute atomic E-state index is 13.7. The quantitative estimate of drug-likeness (QED) is 0.376. The van der Waals surface area contributed by atoms with Crippen molar-refractivity contribution in [2.24, 2.45) is 0 Å². The summed E-state index contributed by atoms with van der Waals surface area (Å²) >= 11 is 0. The lowest BCUT2D eigenvalue weighted by Crippen LogP contribution is -2.27. The molecule has 0 radical (unpaired) electrons. The Morgan fingerprint density at radius 3 is 2.37 bits per heavy atom. The van der Waals surface area contributed by atoms with Crippen LogP contribution in [0.4, 0.5) is 4.39 Å². The third-order valence-corrected chi connectivity index (χ3v) is 5.73. The first-order valence-corrected chi connectivity index (χ1v) is 12.0. The van der Waals surface area contributed by atoms with E-state index in [1.807, 2.05) is 12.1 Å². The molecule has 0 aliphatic heterocycles. The molecule has 0 saturated heterocycles. The summed E-state index contributed by atoms with van der Waals surface area (Å²) in [5.41, 5.74) is 4.29. The van der Waals surface area contributed by atoms with Crippen molar-refractivity contribution in [1.29, 1.82) is 0 Å². The van der Waals surface area contributed by atoms with Crippen LogP contribution in [0, 0.1) is 12.7 Å². The highest BCUT2D eigenvalue weighted by Crippen LogP contribution is 2.39. The van der Waals surface area contributed by atoms with Gasteiger partial charge < -0.3 is 19.5 Å². The average molecular weight is 482 g/mol. The number of carbonyl (C=O) groups excluding carboxylic acids is 1. The second kappa shape index (κ2) is 10.8. The van der Waals surface area contributed by atoms with Gasteiger partial charge in [0.2, 0.25) is 0 Å². The van der Waals surface area contributed by atoms with Crippen LogP contribution >= 0.6 is 0 Å². The maximum atomic E-state index is 13.7. The van der Waals surface area contributed by atoms with E-state index >= 15 is 0 Å². The zero-order valence-electron chi connectivity index (χ0n) is 21.4. The van der Waals surface area contributed by atoms with E-state index in [4.69, 9.17) is 4.74 Å². The smallest absolute Gasteiger partial charge is 0.308 e. The molecule has 2 aromatic carbocycles. The number of para-hydroxylation sites is 1. The molecule has 0 amide bonds. The summed E-state index contributed by atoms with van der Waals surface area (Å²) in [6.45, 7) is 11.6. The fourth-order valence-electron chi connectivity index (χ4n) is 4.40. The molecular formula is C29H36FNO4. The first-order valence-electron chi connectivity index (χ1n) is 12.0. The van der Waals surface area contributed by atoms with E-state index < -0.39 is 23.8 Å². The molecule has 0 aliphatic carbocycles. The molecule has 6 heteroatoms. The topological polar surface area (TPSA) is 71.7 Å². The van der Waals surface area contributed by atoms with Crippen molar-refractivity contribution in [2.45, 2.75) is 78.2 Å². The number of aliphatic hydroxyl groups excluding tert-OH is 2. The number of benzene rings is 2. The highest BCUT2D eigenvalue weighted by atomic mass is 19.1. The molecule has 3 aromatic rings. The van der Waals surface area contributed by atoms with Crippen molar-refractivity contribution in [3.63, 3.8) is 0 Å². The predicted molar refractivity (Wildman–Crippen MR) is 139 cm³/mol. The Hall–Kier alpha value is -2.96.